The molecule has 98 valence electrons. The van der Waals surface area contributed by atoms with Crippen LogP contribution in [0.4, 0.5) is 0 Å². The van der Waals surface area contributed by atoms with Crippen LogP contribution in [0.2, 0.25) is 0 Å². The smallest absolute Gasteiger partial charge is 0.263 e. The molecule has 1 aliphatic heterocycles. The lowest BCUT2D eigenvalue weighted by Gasteiger charge is -2.13. The normalized spacial score (nSPS) is 19.1. The summed E-state index contributed by atoms with van der Waals surface area (Å²) >= 11 is 0. The summed E-state index contributed by atoms with van der Waals surface area (Å²) in [6.45, 7) is 0.734. The standard InChI is InChI=1S/C15H15NO3/c1-16-7-6-14(15(16)18)19-13-5-3-10-2-4-12(17)8-11(10)9-13/h2-5,8-9,14,17H,6-7H2,1H3. The van der Waals surface area contributed by atoms with E-state index in [1.807, 2.05) is 24.3 Å². The van der Waals surface area contributed by atoms with Gasteiger partial charge in [0.25, 0.3) is 5.91 Å². The summed E-state index contributed by atoms with van der Waals surface area (Å²) in [4.78, 5) is 13.5. The van der Waals surface area contributed by atoms with E-state index < -0.39 is 0 Å². The van der Waals surface area contributed by atoms with Gasteiger partial charge in [0.15, 0.2) is 6.10 Å². The van der Waals surface area contributed by atoms with E-state index in [0.717, 1.165) is 17.3 Å². The van der Waals surface area contributed by atoms with Crippen LogP contribution in [0.5, 0.6) is 11.5 Å². The third-order valence-electron chi connectivity index (χ3n) is 3.45. The number of phenols is 1. The number of hydrogen-bond donors (Lipinski definition) is 1. The van der Waals surface area contributed by atoms with Gasteiger partial charge in [0.1, 0.15) is 11.5 Å². The molecule has 19 heavy (non-hydrogen) atoms. The summed E-state index contributed by atoms with van der Waals surface area (Å²) in [5.41, 5.74) is 0. The van der Waals surface area contributed by atoms with Crippen LogP contribution in [-0.2, 0) is 4.79 Å². The van der Waals surface area contributed by atoms with Gasteiger partial charge in [-0.1, -0.05) is 12.1 Å². The summed E-state index contributed by atoms with van der Waals surface area (Å²) in [5, 5.41) is 11.4. The van der Waals surface area contributed by atoms with Crippen LogP contribution < -0.4 is 4.74 Å². The molecular formula is C15H15NO3. The number of carbonyl (C=O) groups excluding carboxylic acids is 1. The van der Waals surface area contributed by atoms with Crippen LogP contribution >= 0.6 is 0 Å². The molecule has 1 unspecified atom stereocenters. The largest absolute Gasteiger partial charge is 0.508 e. The van der Waals surface area contributed by atoms with Crippen LogP contribution in [0, 0.1) is 0 Å². The molecule has 1 heterocycles. The lowest BCUT2D eigenvalue weighted by molar-refractivity contribution is -0.132. The second-order valence-corrected chi connectivity index (χ2v) is 4.85. The molecule has 1 atom stereocenters. The van der Waals surface area contributed by atoms with Crippen molar-refractivity contribution in [2.45, 2.75) is 12.5 Å². The van der Waals surface area contributed by atoms with Gasteiger partial charge in [-0.25, -0.2) is 0 Å². The number of phenolic OH excluding ortho intramolecular Hbond substituents is 1. The number of fused-ring (bicyclic) bond motifs is 1. The number of hydrogen-bond acceptors (Lipinski definition) is 3. The number of amides is 1. The van der Waals surface area contributed by atoms with Crippen molar-refractivity contribution in [2.24, 2.45) is 0 Å². The van der Waals surface area contributed by atoms with E-state index in [9.17, 15) is 9.90 Å². The first-order chi connectivity index (χ1) is 9.13. The highest BCUT2D eigenvalue weighted by Gasteiger charge is 2.30. The van der Waals surface area contributed by atoms with Gasteiger partial charge in [-0.15, -0.1) is 0 Å². The fourth-order valence-corrected chi connectivity index (χ4v) is 2.35. The van der Waals surface area contributed by atoms with E-state index in [4.69, 9.17) is 4.74 Å². The van der Waals surface area contributed by atoms with Gasteiger partial charge in [-0.05, 0) is 35.0 Å². The molecule has 1 aliphatic rings. The highest BCUT2D eigenvalue weighted by atomic mass is 16.5. The fourth-order valence-electron chi connectivity index (χ4n) is 2.35. The highest BCUT2D eigenvalue weighted by molar-refractivity contribution is 5.86. The Kier molecular flexibility index (Phi) is 2.78. The minimum Gasteiger partial charge on any atom is -0.508 e. The number of ether oxygens (including phenoxy) is 1. The third kappa shape index (κ3) is 2.21. The molecule has 0 saturated carbocycles. The van der Waals surface area contributed by atoms with E-state index in [2.05, 4.69) is 0 Å². The van der Waals surface area contributed by atoms with Crippen LogP contribution in [0.15, 0.2) is 36.4 Å². The first-order valence-corrected chi connectivity index (χ1v) is 6.28. The summed E-state index contributed by atoms with van der Waals surface area (Å²) in [7, 11) is 1.78. The van der Waals surface area contributed by atoms with Crippen LogP contribution in [-0.4, -0.2) is 35.6 Å². The Morgan fingerprint density at radius 2 is 2.00 bits per heavy atom. The highest BCUT2D eigenvalue weighted by Crippen LogP contribution is 2.26. The van der Waals surface area contributed by atoms with Gasteiger partial charge in [0, 0.05) is 20.0 Å². The van der Waals surface area contributed by atoms with Gasteiger partial charge in [0.05, 0.1) is 0 Å². The quantitative estimate of drug-likeness (QED) is 0.896. The molecule has 3 rings (SSSR count). The van der Waals surface area contributed by atoms with E-state index >= 15 is 0 Å². The molecule has 2 aromatic carbocycles. The van der Waals surface area contributed by atoms with Gasteiger partial charge in [0.2, 0.25) is 0 Å². The summed E-state index contributed by atoms with van der Waals surface area (Å²) in [6.07, 6.45) is 0.327. The van der Waals surface area contributed by atoms with Gasteiger partial charge in [-0.3, -0.25) is 4.79 Å². The Morgan fingerprint density at radius 1 is 1.21 bits per heavy atom. The van der Waals surface area contributed by atoms with Crippen LogP contribution in [0.25, 0.3) is 10.8 Å². The molecule has 1 N–H and O–H groups in total. The molecule has 0 aromatic heterocycles. The zero-order valence-electron chi connectivity index (χ0n) is 10.7. The molecule has 1 saturated heterocycles. The third-order valence-corrected chi connectivity index (χ3v) is 3.45. The van der Waals surface area contributed by atoms with Crippen molar-refractivity contribution in [3.05, 3.63) is 36.4 Å². The van der Waals surface area contributed by atoms with Crippen molar-refractivity contribution in [2.75, 3.05) is 13.6 Å². The zero-order chi connectivity index (χ0) is 13.4. The minimum atomic E-state index is -0.389. The van der Waals surface area contributed by atoms with Gasteiger partial charge < -0.3 is 14.7 Å². The maximum absolute atomic E-state index is 11.8. The van der Waals surface area contributed by atoms with Crippen molar-refractivity contribution in [3.8, 4) is 11.5 Å². The molecular weight excluding hydrogens is 242 g/mol. The number of nitrogens with zero attached hydrogens (tertiary/aromatic N) is 1. The Balaban J connectivity index is 1.87. The maximum Gasteiger partial charge on any atom is 0.263 e. The summed E-state index contributed by atoms with van der Waals surface area (Å²) in [6, 6.07) is 10.8. The molecule has 1 amide bonds. The number of rotatable bonds is 2. The SMILES string of the molecule is CN1CCC(Oc2ccc3ccc(O)cc3c2)C1=O. The molecule has 0 spiro atoms. The molecule has 2 aromatic rings. The number of likely N-dealkylation sites (N-methyl/N-ethyl adjacent to an activating group) is 1. The lowest BCUT2D eigenvalue weighted by atomic mass is 10.1. The Morgan fingerprint density at radius 3 is 2.74 bits per heavy atom. The number of aromatic hydroxyl groups is 1. The van der Waals surface area contributed by atoms with E-state index in [0.29, 0.717) is 12.2 Å². The van der Waals surface area contributed by atoms with E-state index in [1.165, 1.54) is 0 Å². The number of likely N-dealkylation sites (tertiary alicyclic amines) is 1. The van der Waals surface area contributed by atoms with Crippen molar-refractivity contribution in [3.63, 3.8) is 0 Å². The molecule has 4 nitrogen and oxygen atoms in total. The Hall–Kier alpha value is -2.23. The average Bonchev–Trinajstić information content (AvgIpc) is 2.70. The number of carbonyl (C=O) groups is 1. The topological polar surface area (TPSA) is 49.8 Å². The first-order valence-electron chi connectivity index (χ1n) is 6.28. The van der Waals surface area contributed by atoms with Crippen LogP contribution in [0.3, 0.4) is 0 Å². The number of benzene rings is 2. The Labute approximate surface area is 111 Å². The molecule has 0 aliphatic carbocycles. The summed E-state index contributed by atoms with van der Waals surface area (Å²) < 4.78 is 5.73. The predicted octanol–water partition coefficient (Wildman–Crippen LogP) is 2.15. The first kappa shape index (κ1) is 11.8. The second-order valence-electron chi connectivity index (χ2n) is 4.85. The van der Waals surface area contributed by atoms with Gasteiger partial charge in [-0.2, -0.15) is 0 Å². The van der Waals surface area contributed by atoms with Crippen molar-refractivity contribution in [1.82, 2.24) is 4.90 Å². The predicted molar refractivity (Wildman–Crippen MR) is 72.3 cm³/mol. The summed E-state index contributed by atoms with van der Waals surface area (Å²) in [5.74, 6) is 0.907. The fraction of sp³-hybridized carbons (Fsp3) is 0.267. The lowest BCUT2D eigenvalue weighted by Crippen LogP contribution is -2.29. The Bertz CT molecular complexity index is 638. The monoisotopic (exact) mass is 257 g/mol. The minimum absolute atomic E-state index is 0.0241. The maximum atomic E-state index is 11.8. The van der Waals surface area contributed by atoms with Crippen LogP contribution in [0.1, 0.15) is 6.42 Å². The second kappa shape index (κ2) is 4.46. The molecule has 0 bridgehead atoms. The van der Waals surface area contributed by atoms with E-state index in [1.54, 1.807) is 24.1 Å². The van der Waals surface area contributed by atoms with Crippen molar-refractivity contribution < 1.29 is 14.6 Å². The van der Waals surface area contributed by atoms with E-state index in [-0.39, 0.29) is 17.8 Å². The zero-order valence-corrected chi connectivity index (χ0v) is 10.7. The van der Waals surface area contributed by atoms with Crippen molar-refractivity contribution in [1.29, 1.82) is 0 Å². The molecule has 0 radical (unpaired) electrons. The molecule has 4 heteroatoms. The molecule has 1 fully saturated rings. The van der Waals surface area contributed by atoms with Gasteiger partial charge >= 0.3 is 0 Å². The van der Waals surface area contributed by atoms with Crippen molar-refractivity contribution >= 4 is 16.7 Å². The average molecular weight is 257 g/mol.